The molecule has 1 aromatic heterocycles. The minimum atomic E-state index is -1.10. The number of carbonyl (C=O) groups excluding carboxylic acids is 1. The number of rotatable bonds is 4. The number of carboxylic acid groups (broad SMARTS) is 1. The van der Waals surface area contributed by atoms with Gasteiger partial charge in [-0.3, -0.25) is 4.79 Å². The Morgan fingerprint density at radius 3 is 2.68 bits per heavy atom. The highest BCUT2D eigenvalue weighted by atomic mass is 35.5. The lowest BCUT2D eigenvalue weighted by Crippen LogP contribution is -2.31. The highest BCUT2D eigenvalue weighted by molar-refractivity contribution is 7.14. The third-order valence-electron chi connectivity index (χ3n) is 4.55. The number of nitrogens with one attached hydrogen (secondary N) is 1. The zero-order chi connectivity index (χ0) is 19.8. The molecule has 1 amide bonds. The van der Waals surface area contributed by atoms with Crippen molar-refractivity contribution in [2.45, 2.75) is 19.4 Å². The number of carboxylic acids is 1. The van der Waals surface area contributed by atoms with Crippen molar-refractivity contribution in [2.24, 2.45) is 0 Å². The molecule has 28 heavy (non-hydrogen) atoms. The van der Waals surface area contributed by atoms with Crippen molar-refractivity contribution >= 4 is 40.5 Å². The maximum Gasteiger partial charge on any atom is 0.339 e. The summed E-state index contributed by atoms with van der Waals surface area (Å²) < 4.78 is 5.73. The summed E-state index contributed by atoms with van der Waals surface area (Å²) in [5, 5.41) is 14.6. The Labute approximate surface area is 170 Å². The van der Waals surface area contributed by atoms with E-state index in [0.29, 0.717) is 22.1 Å². The van der Waals surface area contributed by atoms with Crippen molar-refractivity contribution in [1.29, 1.82) is 0 Å². The molecule has 0 spiro atoms. The maximum atomic E-state index is 12.7. The summed E-state index contributed by atoms with van der Waals surface area (Å²) in [6.45, 7) is 1.98. The number of hydrogen-bond donors (Lipinski definition) is 2. The molecule has 7 heteroatoms. The fourth-order valence-electron chi connectivity index (χ4n) is 3.21. The van der Waals surface area contributed by atoms with Crippen LogP contribution in [0.1, 0.15) is 21.5 Å². The monoisotopic (exact) mass is 413 g/mol. The molecule has 5 nitrogen and oxygen atoms in total. The van der Waals surface area contributed by atoms with Crippen molar-refractivity contribution in [1.82, 2.24) is 0 Å². The summed E-state index contributed by atoms with van der Waals surface area (Å²) >= 11 is 7.17. The molecule has 142 valence electrons. The lowest BCUT2D eigenvalue weighted by Gasteiger charge is -2.11. The fourth-order valence-corrected chi connectivity index (χ4v) is 4.34. The first-order valence-electron chi connectivity index (χ1n) is 8.60. The van der Waals surface area contributed by atoms with Crippen LogP contribution in [0.15, 0.2) is 47.8 Å². The van der Waals surface area contributed by atoms with Crippen LogP contribution in [0.25, 0.3) is 10.4 Å². The molecule has 0 saturated carbocycles. The number of anilines is 1. The second-order valence-electron chi connectivity index (χ2n) is 6.58. The van der Waals surface area contributed by atoms with Gasteiger partial charge in [-0.15, -0.1) is 11.3 Å². The summed E-state index contributed by atoms with van der Waals surface area (Å²) in [5.41, 5.74) is 3.13. The molecule has 0 bridgehead atoms. The van der Waals surface area contributed by atoms with E-state index < -0.39 is 12.1 Å². The Hall–Kier alpha value is -2.83. The molecule has 1 atom stereocenters. The molecular formula is C21H16ClNO4S. The molecule has 4 rings (SSSR count). The minimum Gasteiger partial charge on any atom is -0.480 e. The second kappa shape index (κ2) is 7.30. The highest BCUT2D eigenvalue weighted by Crippen LogP contribution is 2.37. The average molecular weight is 414 g/mol. The summed E-state index contributed by atoms with van der Waals surface area (Å²) in [4.78, 5) is 25.1. The van der Waals surface area contributed by atoms with Crippen LogP contribution < -0.4 is 10.1 Å². The van der Waals surface area contributed by atoms with Crippen molar-refractivity contribution < 1.29 is 19.4 Å². The van der Waals surface area contributed by atoms with Crippen LogP contribution in [0, 0.1) is 6.92 Å². The van der Waals surface area contributed by atoms with Crippen LogP contribution in [0.2, 0.25) is 5.02 Å². The van der Waals surface area contributed by atoms with Gasteiger partial charge >= 0.3 is 5.97 Å². The van der Waals surface area contributed by atoms with E-state index in [1.165, 1.54) is 11.3 Å². The first-order valence-corrected chi connectivity index (χ1v) is 9.86. The van der Waals surface area contributed by atoms with E-state index in [0.717, 1.165) is 16.7 Å². The van der Waals surface area contributed by atoms with Crippen LogP contribution in [-0.2, 0) is 11.2 Å². The number of ether oxygens (including phenoxy) is 1. The first-order chi connectivity index (χ1) is 13.4. The van der Waals surface area contributed by atoms with Gasteiger partial charge in [-0.2, -0.15) is 0 Å². The smallest absolute Gasteiger partial charge is 0.339 e. The lowest BCUT2D eigenvalue weighted by molar-refractivity contribution is -0.122. The number of aromatic carboxylic acids is 1. The number of aryl methyl sites for hydroxylation is 1. The van der Waals surface area contributed by atoms with Crippen LogP contribution in [0.5, 0.6) is 5.75 Å². The van der Waals surface area contributed by atoms with Crippen LogP contribution >= 0.6 is 22.9 Å². The van der Waals surface area contributed by atoms with Gasteiger partial charge in [0, 0.05) is 16.8 Å². The predicted octanol–water partition coefficient (Wildman–Crippen LogP) is 5.02. The van der Waals surface area contributed by atoms with Gasteiger partial charge in [0.2, 0.25) is 0 Å². The SMILES string of the molecule is Cc1ccc2c(c1)CC(C(=O)Nc1csc(-c3ccc(Cl)cc3)c1C(=O)O)O2. The summed E-state index contributed by atoms with van der Waals surface area (Å²) in [5.74, 6) is -0.777. The molecule has 3 aromatic rings. The molecule has 0 saturated heterocycles. The van der Waals surface area contributed by atoms with Gasteiger partial charge in [0.05, 0.1) is 10.6 Å². The number of benzene rings is 2. The Kier molecular flexibility index (Phi) is 4.83. The Morgan fingerprint density at radius 1 is 1.21 bits per heavy atom. The van der Waals surface area contributed by atoms with Gasteiger partial charge in [-0.05, 0) is 36.2 Å². The van der Waals surface area contributed by atoms with E-state index in [1.807, 2.05) is 25.1 Å². The molecule has 1 aliphatic heterocycles. The molecule has 0 radical (unpaired) electrons. The number of amides is 1. The van der Waals surface area contributed by atoms with Crippen molar-refractivity contribution in [2.75, 3.05) is 5.32 Å². The number of fused-ring (bicyclic) bond motifs is 1. The largest absolute Gasteiger partial charge is 0.480 e. The molecule has 2 N–H and O–H groups in total. The second-order valence-corrected chi connectivity index (χ2v) is 7.89. The Morgan fingerprint density at radius 2 is 1.96 bits per heavy atom. The third-order valence-corrected chi connectivity index (χ3v) is 5.83. The van der Waals surface area contributed by atoms with Crippen LogP contribution in [-0.4, -0.2) is 23.1 Å². The van der Waals surface area contributed by atoms with Crippen molar-refractivity contribution in [3.63, 3.8) is 0 Å². The third kappa shape index (κ3) is 3.48. The molecule has 1 aliphatic rings. The predicted molar refractivity (Wildman–Crippen MR) is 110 cm³/mol. The van der Waals surface area contributed by atoms with Gasteiger partial charge in [0.15, 0.2) is 6.10 Å². The van der Waals surface area contributed by atoms with Crippen molar-refractivity contribution in [3.05, 3.63) is 69.6 Å². The molecule has 1 unspecified atom stereocenters. The van der Waals surface area contributed by atoms with Crippen LogP contribution in [0.3, 0.4) is 0 Å². The average Bonchev–Trinajstić information content (AvgIpc) is 3.26. The Balaban J connectivity index is 1.58. The van der Waals surface area contributed by atoms with E-state index in [2.05, 4.69) is 5.32 Å². The maximum absolute atomic E-state index is 12.7. The number of halogens is 1. The number of hydrogen-bond acceptors (Lipinski definition) is 4. The van der Waals surface area contributed by atoms with Gasteiger partial charge in [0.25, 0.3) is 5.91 Å². The summed E-state index contributed by atoms with van der Waals surface area (Å²) in [7, 11) is 0. The van der Waals surface area contributed by atoms with E-state index in [4.69, 9.17) is 16.3 Å². The van der Waals surface area contributed by atoms with E-state index in [1.54, 1.807) is 29.6 Å². The van der Waals surface area contributed by atoms with E-state index in [-0.39, 0.29) is 17.2 Å². The van der Waals surface area contributed by atoms with Crippen LogP contribution in [0.4, 0.5) is 5.69 Å². The fraction of sp³-hybridized carbons (Fsp3) is 0.143. The van der Waals surface area contributed by atoms with E-state index in [9.17, 15) is 14.7 Å². The summed E-state index contributed by atoms with van der Waals surface area (Å²) in [6, 6.07) is 12.7. The standard InChI is InChI=1S/C21H16ClNO4S/c1-11-2-7-16-13(8-11)9-17(27-16)20(24)23-15-10-28-19(18(15)21(25)26)12-3-5-14(22)6-4-12/h2-8,10,17H,9H2,1H3,(H,23,24)(H,25,26). The normalized spacial score (nSPS) is 15.0. The highest BCUT2D eigenvalue weighted by Gasteiger charge is 2.30. The van der Waals surface area contributed by atoms with Gasteiger partial charge < -0.3 is 15.2 Å². The molecule has 2 heterocycles. The minimum absolute atomic E-state index is 0.0621. The van der Waals surface area contributed by atoms with Gasteiger partial charge in [-0.25, -0.2) is 4.79 Å². The molecule has 0 aliphatic carbocycles. The Bertz CT molecular complexity index is 1070. The molecular weight excluding hydrogens is 398 g/mol. The lowest BCUT2D eigenvalue weighted by atomic mass is 10.1. The van der Waals surface area contributed by atoms with Crippen molar-refractivity contribution in [3.8, 4) is 16.2 Å². The topological polar surface area (TPSA) is 75.6 Å². The summed E-state index contributed by atoms with van der Waals surface area (Å²) in [6.07, 6.45) is -0.225. The molecule has 0 fully saturated rings. The van der Waals surface area contributed by atoms with Gasteiger partial charge in [0.1, 0.15) is 11.3 Å². The first kappa shape index (κ1) is 18.5. The number of carbonyl (C=O) groups is 2. The quantitative estimate of drug-likeness (QED) is 0.629. The van der Waals surface area contributed by atoms with Gasteiger partial charge in [-0.1, -0.05) is 41.4 Å². The zero-order valence-corrected chi connectivity index (χ0v) is 16.4. The molecule has 2 aromatic carbocycles. The zero-order valence-electron chi connectivity index (χ0n) is 14.9. The number of thiophene rings is 1. The van der Waals surface area contributed by atoms with E-state index >= 15 is 0 Å².